The van der Waals surface area contributed by atoms with Gasteiger partial charge >= 0.3 is 6.01 Å². The van der Waals surface area contributed by atoms with Gasteiger partial charge in [0.1, 0.15) is 0 Å². The smallest absolute Gasteiger partial charge is 0.318 e. The highest BCUT2D eigenvalue weighted by Gasteiger charge is 2.18. The average molecular weight is 256 g/mol. The molecule has 2 unspecified atom stereocenters. The minimum atomic E-state index is 0.0809. The Morgan fingerprint density at radius 1 is 1.39 bits per heavy atom. The minimum absolute atomic E-state index is 0.0809. The lowest BCUT2D eigenvalue weighted by molar-refractivity contribution is 0.181. The standard InChI is InChI=1S/C12H24N4O2/c1-6-7-13-10(3)11-14-15-12(18-11)16(4)9(2)8-17-5/h9-10,13H,6-8H2,1-5H3. The topological polar surface area (TPSA) is 63.4 Å². The summed E-state index contributed by atoms with van der Waals surface area (Å²) in [4.78, 5) is 1.92. The van der Waals surface area contributed by atoms with Crippen LogP contribution >= 0.6 is 0 Å². The van der Waals surface area contributed by atoms with Gasteiger partial charge in [0.2, 0.25) is 5.89 Å². The van der Waals surface area contributed by atoms with Crippen LogP contribution in [-0.2, 0) is 4.74 Å². The molecule has 6 heteroatoms. The van der Waals surface area contributed by atoms with E-state index in [0.29, 0.717) is 18.5 Å². The fraction of sp³-hybridized carbons (Fsp3) is 0.833. The number of likely N-dealkylation sites (N-methyl/N-ethyl adjacent to an activating group) is 1. The molecule has 0 bridgehead atoms. The van der Waals surface area contributed by atoms with Crippen LogP contribution in [0.3, 0.4) is 0 Å². The second-order valence-electron chi connectivity index (χ2n) is 4.51. The Morgan fingerprint density at radius 2 is 2.11 bits per heavy atom. The van der Waals surface area contributed by atoms with Crippen molar-refractivity contribution in [2.24, 2.45) is 0 Å². The average Bonchev–Trinajstić information content (AvgIpc) is 2.84. The molecule has 6 nitrogen and oxygen atoms in total. The first kappa shape index (κ1) is 14.9. The zero-order valence-corrected chi connectivity index (χ0v) is 11.9. The predicted octanol–water partition coefficient (Wildman–Crippen LogP) is 1.60. The van der Waals surface area contributed by atoms with Gasteiger partial charge in [-0.05, 0) is 26.8 Å². The Morgan fingerprint density at radius 3 is 2.72 bits per heavy atom. The van der Waals surface area contributed by atoms with E-state index in [1.165, 1.54) is 0 Å². The van der Waals surface area contributed by atoms with Crippen LogP contribution in [0.2, 0.25) is 0 Å². The molecule has 0 amide bonds. The summed E-state index contributed by atoms with van der Waals surface area (Å²) >= 11 is 0. The summed E-state index contributed by atoms with van der Waals surface area (Å²) in [6.45, 7) is 7.75. The predicted molar refractivity (Wildman–Crippen MR) is 70.7 cm³/mol. The largest absolute Gasteiger partial charge is 0.406 e. The van der Waals surface area contributed by atoms with E-state index in [4.69, 9.17) is 9.15 Å². The normalized spacial score (nSPS) is 14.5. The first-order valence-electron chi connectivity index (χ1n) is 6.38. The molecule has 1 aromatic heterocycles. The summed E-state index contributed by atoms with van der Waals surface area (Å²) in [6, 6.07) is 0.805. The maximum absolute atomic E-state index is 5.66. The Balaban J connectivity index is 2.61. The van der Waals surface area contributed by atoms with Crippen LogP contribution in [0.25, 0.3) is 0 Å². The molecule has 0 fully saturated rings. The summed E-state index contributed by atoms with van der Waals surface area (Å²) in [5, 5.41) is 11.4. The molecule has 1 rings (SSSR count). The van der Waals surface area contributed by atoms with Crippen molar-refractivity contribution in [2.45, 2.75) is 39.3 Å². The molecule has 18 heavy (non-hydrogen) atoms. The third-order valence-electron chi connectivity index (χ3n) is 2.87. The van der Waals surface area contributed by atoms with Crippen LogP contribution in [0.4, 0.5) is 6.01 Å². The lowest BCUT2D eigenvalue weighted by Crippen LogP contribution is -2.32. The molecule has 0 saturated heterocycles. The quantitative estimate of drug-likeness (QED) is 0.762. The summed E-state index contributed by atoms with van der Waals surface area (Å²) in [6.07, 6.45) is 1.08. The number of aromatic nitrogens is 2. The third kappa shape index (κ3) is 3.96. The Hall–Kier alpha value is -1.14. The van der Waals surface area contributed by atoms with Crippen molar-refractivity contribution in [1.29, 1.82) is 0 Å². The molecule has 2 atom stereocenters. The minimum Gasteiger partial charge on any atom is -0.406 e. The molecular formula is C12H24N4O2. The van der Waals surface area contributed by atoms with Crippen LogP contribution in [-0.4, -0.2) is 43.5 Å². The Bertz CT molecular complexity index is 343. The number of nitrogens with zero attached hydrogens (tertiary/aromatic N) is 3. The lowest BCUT2D eigenvalue weighted by Gasteiger charge is -2.21. The van der Waals surface area contributed by atoms with E-state index >= 15 is 0 Å². The number of hydrogen-bond acceptors (Lipinski definition) is 6. The van der Waals surface area contributed by atoms with Crippen LogP contribution < -0.4 is 10.2 Å². The van der Waals surface area contributed by atoms with Crippen molar-refractivity contribution < 1.29 is 9.15 Å². The summed E-state index contributed by atoms with van der Waals surface area (Å²) in [5.41, 5.74) is 0. The number of anilines is 1. The van der Waals surface area contributed by atoms with Gasteiger partial charge in [0, 0.05) is 14.2 Å². The van der Waals surface area contributed by atoms with E-state index in [0.717, 1.165) is 13.0 Å². The monoisotopic (exact) mass is 256 g/mol. The van der Waals surface area contributed by atoms with E-state index in [9.17, 15) is 0 Å². The second kappa shape index (κ2) is 7.33. The molecule has 0 aliphatic heterocycles. The number of ether oxygens (including phenoxy) is 1. The van der Waals surface area contributed by atoms with Crippen molar-refractivity contribution >= 4 is 6.01 Å². The van der Waals surface area contributed by atoms with Crippen LogP contribution in [0, 0.1) is 0 Å². The molecule has 1 N–H and O–H groups in total. The Labute approximate surface area is 109 Å². The number of nitrogens with one attached hydrogen (secondary N) is 1. The van der Waals surface area contributed by atoms with Crippen molar-refractivity contribution in [3.63, 3.8) is 0 Å². The van der Waals surface area contributed by atoms with Crippen LogP contribution in [0.1, 0.15) is 39.1 Å². The van der Waals surface area contributed by atoms with E-state index in [1.807, 2.05) is 25.8 Å². The van der Waals surface area contributed by atoms with Gasteiger partial charge < -0.3 is 19.4 Å². The molecule has 0 saturated carbocycles. The third-order valence-corrected chi connectivity index (χ3v) is 2.87. The molecule has 0 spiro atoms. The SMILES string of the molecule is CCCNC(C)c1nnc(N(C)C(C)COC)o1. The van der Waals surface area contributed by atoms with Crippen molar-refractivity contribution in [3.8, 4) is 0 Å². The molecular weight excluding hydrogens is 232 g/mol. The molecule has 1 aromatic rings. The summed E-state index contributed by atoms with van der Waals surface area (Å²) in [5.74, 6) is 0.620. The van der Waals surface area contributed by atoms with E-state index < -0.39 is 0 Å². The van der Waals surface area contributed by atoms with Crippen LogP contribution in [0.15, 0.2) is 4.42 Å². The zero-order valence-electron chi connectivity index (χ0n) is 11.9. The van der Waals surface area contributed by atoms with Gasteiger partial charge in [-0.2, -0.15) is 0 Å². The fourth-order valence-corrected chi connectivity index (χ4v) is 1.53. The molecule has 1 heterocycles. The van der Waals surface area contributed by atoms with Crippen molar-refractivity contribution in [2.75, 3.05) is 32.2 Å². The van der Waals surface area contributed by atoms with Crippen molar-refractivity contribution in [3.05, 3.63) is 5.89 Å². The Kier molecular flexibility index (Phi) is 6.07. The van der Waals surface area contributed by atoms with Gasteiger partial charge in [-0.1, -0.05) is 12.0 Å². The van der Waals surface area contributed by atoms with Gasteiger partial charge in [-0.25, -0.2) is 0 Å². The fourth-order valence-electron chi connectivity index (χ4n) is 1.53. The number of hydrogen-bond donors (Lipinski definition) is 1. The highest BCUT2D eigenvalue weighted by atomic mass is 16.5. The molecule has 104 valence electrons. The van der Waals surface area contributed by atoms with Gasteiger partial charge in [-0.3, -0.25) is 0 Å². The molecule has 0 aromatic carbocycles. The summed E-state index contributed by atoms with van der Waals surface area (Å²) < 4.78 is 10.8. The molecule has 0 radical (unpaired) electrons. The maximum Gasteiger partial charge on any atom is 0.318 e. The van der Waals surface area contributed by atoms with Gasteiger partial charge in [-0.15, -0.1) is 5.10 Å². The van der Waals surface area contributed by atoms with Gasteiger partial charge in [0.05, 0.1) is 18.7 Å². The van der Waals surface area contributed by atoms with Gasteiger partial charge in [0.15, 0.2) is 0 Å². The maximum atomic E-state index is 5.66. The second-order valence-corrected chi connectivity index (χ2v) is 4.51. The van der Waals surface area contributed by atoms with E-state index in [1.54, 1.807) is 7.11 Å². The molecule has 0 aliphatic carbocycles. The van der Waals surface area contributed by atoms with E-state index in [-0.39, 0.29) is 12.1 Å². The number of rotatable bonds is 8. The lowest BCUT2D eigenvalue weighted by atomic mass is 10.3. The summed E-state index contributed by atoms with van der Waals surface area (Å²) in [7, 11) is 3.60. The van der Waals surface area contributed by atoms with Crippen molar-refractivity contribution in [1.82, 2.24) is 15.5 Å². The van der Waals surface area contributed by atoms with E-state index in [2.05, 4.69) is 22.4 Å². The highest BCUT2D eigenvalue weighted by Crippen LogP contribution is 2.17. The first-order chi connectivity index (χ1) is 8.60. The molecule has 0 aliphatic rings. The number of methoxy groups -OCH3 is 1. The van der Waals surface area contributed by atoms with Gasteiger partial charge in [0.25, 0.3) is 0 Å². The first-order valence-corrected chi connectivity index (χ1v) is 6.38. The highest BCUT2D eigenvalue weighted by molar-refractivity contribution is 5.24. The zero-order chi connectivity index (χ0) is 13.5. The van der Waals surface area contributed by atoms with Crippen LogP contribution in [0.5, 0.6) is 0 Å².